The summed E-state index contributed by atoms with van der Waals surface area (Å²) in [5.41, 5.74) is 0. The van der Waals surface area contributed by atoms with E-state index in [4.69, 9.17) is 10.2 Å². The molecule has 1 saturated heterocycles. The van der Waals surface area contributed by atoms with Crippen molar-refractivity contribution in [3.8, 4) is 0 Å². The van der Waals surface area contributed by atoms with Crippen molar-refractivity contribution in [2.24, 2.45) is 0 Å². The Balaban J connectivity index is 2.26. The number of halogens is 1. The van der Waals surface area contributed by atoms with E-state index in [0.717, 1.165) is 0 Å². The van der Waals surface area contributed by atoms with E-state index in [2.05, 4.69) is 4.74 Å². The number of alkyl halides is 2. The van der Waals surface area contributed by atoms with Gasteiger partial charge in [-0.2, -0.15) is 0 Å². The van der Waals surface area contributed by atoms with Gasteiger partial charge in [-0.05, 0) is 0 Å². The Kier molecular flexibility index (Phi) is 1.85. The molecule has 4 heteroatoms. The molecule has 0 bridgehead atoms. The first-order valence-electron chi connectivity index (χ1n) is 1.88. The molecule has 44 valence electrons. The van der Waals surface area contributed by atoms with Crippen molar-refractivity contribution in [1.82, 2.24) is 0 Å². The van der Waals surface area contributed by atoms with Crippen LogP contribution in [0.1, 0.15) is 0 Å². The molecule has 7 heavy (non-hydrogen) atoms. The van der Waals surface area contributed by atoms with Crippen molar-refractivity contribution in [2.75, 3.05) is 4.43 Å². The number of ether oxygens (including phenoxy) is 1. The minimum atomic E-state index is -0.678. The van der Waals surface area contributed by atoms with Gasteiger partial charge >= 0.3 is 51.2 Å². The van der Waals surface area contributed by atoms with Gasteiger partial charge in [-0.25, -0.2) is 0 Å². The Labute approximate surface area is 51.6 Å². The van der Waals surface area contributed by atoms with Gasteiger partial charge in [0.25, 0.3) is 0 Å². The molecule has 1 rings (SSSR count). The van der Waals surface area contributed by atoms with E-state index in [0.29, 0.717) is 4.43 Å². The fraction of sp³-hybridized carbons (Fsp3) is 1.00. The molecule has 0 aliphatic carbocycles. The average molecular weight is 217 g/mol. The molecule has 0 spiro atoms. The average Bonchev–Trinajstić information content (AvgIpc) is 1.87. The molecule has 1 heterocycles. The molecule has 2 atom stereocenters. The van der Waals surface area contributed by atoms with Crippen molar-refractivity contribution in [2.45, 2.75) is 10.6 Å². The quantitative estimate of drug-likeness (QED) is 0.319. The Morgan fingerprint density at radius 3 is 2.43 bits per heavy atom. The Morgan fingerprint density at radius 2 is 2.29 bits per heavy atom. The zero-order chi connectivity index (χ0) is 5.28. The summed E-state index contributed by atoms with van der Waals surface area (Å²) in [4.78, 5) is 0. The van der Waals surface area contributed by atoms with E-state index in [9.17, 15) is 0 Å². The topological polar surface area (TPSA) is 49.7 Å². The maximum absolute atomic E-state index is 8.57. The van der Waals surface area contributed by atoms with Gasteiger partial charge in [0.1, 0.15) is 0 Å². The Morgan fingerprint density at radius 1 is 1.57 bits per heavy atom. The molecule has 0 radical (unpaired) electrons. The Hall–Kier alpha value is 0.610. The van der Waals surface area contributed by atoms with Crippen molar-refractivity contribution < 1.29 is 36.2 Å². The van der Waals surface area contributed by atoms with Crippen LogP contribution in [0, 0.1) is 0 Å². The molecule has 1 aliphatic heterocycles. The van der Waals surface area contributed by atoms with Gasteiger partial charge in [0.2, 0.25) is 0 Å². The number of aliphatic hydroxyl groups is 2. The summed E-state index contributed by atoms with van der Waals surface area (Å²) in [6.45, 7) is 0. The normalized spacial score (nSPS) is 43.1. The van der Waals surface area contributed by atoms with Gasteiger partial charge in [0.05, 0.1) is 0 Å². The third kappa shape index (κ3) is 1.52. The fourth-order valence-electron chi connectivity index (χ4n) is 0.355. The first-order valence-corrected chi connectivity index (χ1v) is 4.65. The number of aliphatic hydroxyl groups excluding tert-OH is 2. The third-order valence-electron chi connectivity index (χ3n) is 0.622. The third-order valence-corrected chi connectivity index (χ3v) is 2.93. The molecule has 3 nitrogen and oxygen atoms in total. The summed E-state index contributed by atoms with van der Waals surface area (Å²) in [5.74, 6) is 0. The molecule has 2 unspecified atom stereocenters. The molecule has 0 aromatic carbocycles. The second-order valence-corrected chi connectivity index (χ2v) is 4.02. The zero-order valence-electron chi connectivity index (χ0n) is 3.54. The standard InChI is InChI=1S/C3H6IO3/c5-2-1-4-3(6)7-2/h2-3,5-6H,1H2/q-1. The van der Waals surface area contributed by atoms with E-state index in [1.54, 1.807) is 0 Å². The summed E-state index contributed by atoms with van der Waals surface area (Å²) in [7, 11) is 0. The SMILES string of the molecule is OC1C[I-]C(O)O1. The van der Waals surface area contributed by atoms with Gasteiger partial charge in [0, 0.05) is 0 Å². The van der Waals surface area contributed by atoms with Crippen molar-refractivity contribution >= 4 is 0 Å². The van der Waals surface area contributed by atoms with Crippen LogP contribution in [0.3, 0.4) is 0 Å². The van der Waals surface area contributed by atoms with Crippen LogP contribution in [-0.2, 0) is 4.74 Å². The summed E-state index contributed by atoms with van der Waals surface area (Å²) < 4.78 is 4.57. The Bertz CT molecular complexity index is 59.2. The zero-order valence-corrected chi connectivity index (χ0v) is 5.70. The van der Waals surface area contributed by atoms with E-state index in [1.807, 2.05) is 0 Å². The summed E-state index contributed by atoms with van der Waals surface area (Å²) in [5, 5.41) is 17.1. The maximum atomic E-state index is 8.57. The van der Waals surface area contributed by atoms with E-state index in [1.165, 1.54) is 0 Å². The molecule has 0 aromatic heterocycles. The summed E-state index contributed by atoms with van der Waals surface area (Å²) in [6.07, 6.45) is -0.678. The molecule has 0 aromatic rings. The molecule has 2 N–H and O–H groups in total. The predicted molar refractivity (Wildman–Crippen MR) is 18.0 cm³/mol. The molecular formula is C3H6IO3-. The van der Waals surface area contributed by atoms with Crippen LogP contribution in [-0.4, -0.2) is 25.2 Å². The van der Waals surface area contributed by atoms with Gasteiger partial charge in [-0.15, -0.1) is 0 Å². The first-order chi connectivity index (χ1) is 3.29. The van der Waals surface area contributed by atoms with Crippen LogP contribution in [0.2, 0.25) is 0 Å². The van der Waals surface area contributed by atoms with Crippen LogP contribution >= 0.6 is 0 Å². The molecule has 0 amide bonds. The molecule has 0 saturated carbocycles. The fourth-order valence-corrected chi connectivity index (χ4v) is 1.98. The first kappa shape index (κ1) is 5.74. The van der Waals surface area contributed by atoms with Crippen molar-refractivity contribution in [3.63, 3.8) is 0 Å². The van der Waals surface area contributed by atoms with Gasteiger partial charge < -0.3 is 0 Å². The number of hydrogen-bond donors (Lipinski definition) is 2. The van der Waals surface area contributed by atoms with Gasteiger partial charge in [0.15, 0.2) is 0 Å². The van der Waals surface area contributed by atoms with Crippen molar-refractivity contribution in [3.05, 3.63) is 0 Å². The van der Waals surface area contributed by atoms with Crippen LogP contribution < -0.4 is 21.2 Å². The van der Waals surface area contributed by atoms with Crippen LogP contribution in [0.4, 0.5) is 0 Å². The molecule has 1 fully saturated rings. The monoisotopic (exact) mass is 217 g/mol. The number of rotatable bonds is 0. The van der Waals surface area contributed by atoms with Crippen molar-refractivity contribution in [1.29, 1.82) is 0 Å². The van der Waals surface area contributed by atoms with Crippen LogP contribution in [0.25, 0.3) is 0 Å². The molecule has 1 aliphatic rings. The minimum absolute atomic E-state index is 0.277. The van der Waals surface area contributed by atoms with Gasteiger partial charge in [-0.1, -0.05) is 0 Å². The second-order valence-electron chi connectivity index (χ2n) is 1.19. The van der Waals surface area contributed by atoms with Crippen LogP contribution in [0.5, 0.6) is 0 Å². The number of hydrogen-bond acceptors (Lipinski definition) is 3. The van der Waals surface area contributed by atoms with Crippen LogP contribution in [0.15, 0.2) is 0 Å². The second kappa shape index (κ2) is 2.25. The summed E-state index contributed by atoms with van der Waals surface area (Å²) >= 11 is -0.277. The van der Waals surface area contributed by atoms with E-state index >= 15 is 0 Å². The molecular weight excluding hydrogens is 211 g/mol. The van der Waals surface area contributed by atoms with E-state index in [-0.39, 0.29) is 21.2 Å². The van der Waals surface area contributed by atoms with Gasteiger partial charge in [-0.3, -0.25) is 0 Å². The van der Waals surface area contributed by atoms with E-state index < -0.39 is 10.6 Å². The summed E-state index contributed by atoms with van der Waals surface area (Å²) in [6, 6.07) is 0. The predicted octanol–water partition coefficient (Wildman–Crippen LogP) is -4.30.